The fourth-order valence-electron chi connectivity index (χ4n) is 2.39. The van der Waals surface area contributed by atoms with Crippen molar-refractivity contribution in [2.75, 3.05) is 7.11 Å². The molecule has 0 amide bonds. The van der Waals surface area contributed by atoms with Gasteiger partial charge in [-0.1, -0.05) is 33.8 Å². The van der Waals surface area contributed by atoms with Gasteiger partial charge in [0.2, 0.25) is 0 Å². The molecule has 0 saturated carbocycles. The molecular formula is C15H27N3O. The van der Waals surface area contributed by atoms with Crippen LogP contribution in [0.25, 0.3) is 0 Å². The largest absolute Gasteiger partial charge is 0.379 e. The minimum absolute atomic E-state index is 0.0230. The first-order valence-corrected chi connectivity index (χ1v) is 6.85. The molecule has 3 N–H and O–H groups in total. The number of nitrogens with zero attached hydrogens (tertiary/aromatic N) is 1. The average molecular weight is 265 g/mol. The van der Waals surface area contributed by atoms with Crippen LogP contribution < -0.4 is 11.3 Å². The molecule has 0 saturated heterocycles. The quantitative estimate of drug-likeness (QED) is 0.611. The standard InChI is InChI=1S/C15H27N3O/c1-6-11-7-8-12(17-10-11)9-13(18-16)14(19-5)15(2,3)4/h7-8,10,13-14,18H,6,9,16H2,1-5H3. The number of nitrogens with two attached hydrogens (primary N) is 1. The smallest absolute Gasteiger partial charge is 0.0789 e. The Labute approximate surface area is 116 Å². The van der Waals surface area contributed by atoms with Gasteiger partial charge >= 0.3 is 0 Å². The maximum Gasteiger partial charge on any atom is 0.0789 e. The lowest BCUT2D eigenvalue weighted by atomic mass is 9.83. The van der Waals surface area contributed by atoms with E-state index in [4.69, 9.17) is 10.6 Å². The molecule has 2 atom stereocenters. The summed E-state index contributed by atoms with van der Waals surface area (Å²) in [6.07, 6.45) is 3.73. The van der Waals surface area contributed by atoms with Crippen molar-refractivity contribution < 1.29 is 4.74 Å². The molecule has 0 fully saturated rings. The molecule has 1 aromatic heterocycles. The maximum absolute atomic E-state index is 5.69. The van der Waals surface area contributed by atoms with Crippen molar-refractivity contribution in [3.8, 4) is 0 Å². The number of pyridine rings is 1. The van der Waals surface area contributed by atoms with Crippen LogP contribution in [-0.2, 0) is 17.6 Å². The van der Waals surface area contributed by atoms with E-state index in [-0.39, 0.29) is 17.6 Å². The van der Waals surface area contributed by atoms with E-state index in [0.717, 1.165) is 18.5 Å². The third-order valence-electron chi connectivity index (χ3n) is 3.41. The lowest BCUT2D eigenvalue weighted by molar-refractivity contribution is -0.0112. The van der Waals surface area contributed by atoms with E-state index in [1.54, 1.807) is 7.11 Å². The second kappa shape index (κ2) is 6.98. The molecule has 1 rings (SSSR count). The Morgan fingerprint density at radius 2 is 2.05 bits per heavy atom. The second-order valence-corrected chi connectivity index (χ2v) is 6.01. The van der Waals surface area contributed by atoms with Crippen LogP contribution in [0.4, 0.5) is 0 Å². The Bertz CT molecular complexity index is 370. The fraction of sp³-hybridized carbons (Fsp3) is 0.667. The monoisotopic (exact) mass is 265 g/mol. The minimum Gasteiger partial charge on any atom is -0.379 e. The van der Waals surface area contributed by atoms with E-state index in [2.05, 4.69) is 50.2 Å². The summed E-state index contributed by atoms with van der Waals surface area (Å²) in [6, 6.07) is 4.23. The van der Waals surface area contributed by atoms with Crippen molar-refractivity contribution in [3.63, 3.8) is 0 Å². The summed E-state index contributed by atoms with van der Waals surface area (Å²) < 4.78 is 5.61. The number of nitrogens with one attached hydrogen (secondary N) is 1. The fourth-order valence-corrected chi connectivity index (χ4v) is 2.39. The van der Waals surface area contributed by atoms with Gasteiger partial charge in [0.15, 0.2) is 0 Å². The Balaban J connectivity index is 2.80. The lowest BCUT2D eigenvalue weighted by Crippen LogP contribution is -2.51. The van der Waals surface area contributed by atoms with Crippen LogP contribution in [0.5, 0.6) is 0 Å². The number of rotatable bonds is 6. The van der Waals surface area contributed by atoms with Gasteiger partial charge in [0, 0.05) is 25.4 Å². The normalized spacial score (nSPS) is 15.3. The predicted molar refractivity (Wildman–Crippen MR) is 78.7 cm³/mol. The van der Waals surface area contributed by atoms with Crippen LogP contribution in [0.2, 0.25) is 0 Å². The first-order chi connectivity index (χ1) is 8.92. The summed E-state index contributed by atoms with van der Waals surface area (Å²) in [4.78, 5) is 4.48. The molecule has 1 aromatic rings. The van der Waals surface area contributed by atoms with Crippen molar-refractivity contribution in [1.82, 2.24) is 10.4 Å². The number of hydrazine groups is 1. The Kier molecular flexibility index (Phi) is 5.91. The van der Waals surface area contributed by atoms with Crippen molar-refractivity contribution >= 4 is 0 Å². The summed E-state index contributed by atoms with van der Waals surface area (Å²) in [5.41, 5.74) is 5.18. The summed E-state index contributed by atoms with van der Waals surface area (Å²) in [6.45, 7) is 8.58. The van der Waals surface area contributed by atoms with Gasteiger partial charge in [-0.05, 0) is 23.5 Å². The van der Waals surface area contributed by atoms with Crippen LogP contribution in [0.15, 0.2) is 18.3 Å². The van der Waals surface area contributed by atoms with Crippen molar-refractivity contribution in [2.45, 2.75) is 52.7 Å². The van der Waals surface area contributed by atoms with Gasteiger partial charge < -0.3 is 4.74 Å². The van der Waals surface area contributed by atoms with E-state index < -0.39 is 0 Å². The van der Waals surface area contributed by atoms with Gasteiger partial charge in [-0.25, -0.2) is 0 Å². The number of aromatic nitrogens is 1. The Morgan fingerprint density at radius 1 is 1.37 bits per heavy atom. The summed E-state index contributed by atoms with van der Waals surface area (Å²) >= 11 is 0. The molecule has 0 spiro atoms. The van der Waals surface area contributed by atoms with Crippen molar-refractivity contribution in [1.29, 1.82) is 0 Å². The zero-order valence-corrected chi connectivity index (χ0v) is 12.7. The molecule has 0 aliphatic heterocycles. The van der Waals surface area contributed by atoms with Gasteiger partial charge in [0.05, 0.1) is 12.1 Å². The molecule has 4 nitrogen and oxygen atoms in total. The molecule has 108 valence electrons. The number of methoxy groups -OCH3 is 1. The van der Waals surface area contributed by atoms with Gasteiger partial charge in [-0.2, -0.15) is 0 Å². The van der Waals surface area contributed by atoms with Crippen LogP contribution in [0.1, 0.15) is 39.0 Å². The van der Waals surface area contributed by atoms with Crippen LogP contribution >= 0.6 is 0 Å². The molecule has 0 aliphatic carbocycles. The summed E-state index contributed by atoms with van der Waals surface area (Å²) in [7, 11) is 1.73. The molecular weight excluding hydrogens is 238 g/mol. The first kappa shape index (κ1) is 16.1. The zero-order chi connectivity index (χ0) is 14.5. The molecule has 0 bridgehead atoms. The minimum atomic E-state index is 0.0230. The average Bonchev–Trinajstić information content (AvgIpc) is 2.37. The van der Waals surface area contributed by atoms with Crippen LogP contribution in [-0.4, -0.2) is 24.2 Å². The second-order valence-electron chi connectivity index (χ2n) is 6.01. The third-order valence-corrected chi connectivity index (χ3v) is 3.41. The van der Waals surface area contributed by atoms with Gasteiger partial charge in [0.25, 0.3) is 0 Å². The highest BCUT2D eigenvalue weighted by Gasteiger charge is 2.32. The molecule has 0 radical (unpaired) electrons. The summed E-state index contributed by atoms with van der Waals surface area (Å²) in [5, 5.41) is 0. The van der Waals surface area contributed by atoms with Gasteiger partial charge in [-0.3, -0.25) is 16.3 Å². The number of hydrogen-bond acceptors (Lipinski definition) is 4. The van der Waals surface area contributed by atoms with E-state index in [1.807, 2.05) is 6.20 Å². The molecule has 2 unspecified atom stereocenters. The molecule has 1 heterocycles. The Hall–Kier alpha value is -0.970. The summed E-state index contributed by atoms with van der Waals surface area (Å²) in [5.74, 6) is 5.69. The van der Waals surface area contributed by atoms with E-state index in [9.17, 15) is 0 Å². The number of ether oxygens (including phenoxy) is 1. The first-order valence-electron chi connectivity index (χ1n) is 6.85. The molecule has 0 aliphatic rings. The zero-order valence-electron chi connectivity index (χ0n) is 12.7. The predicted octanol–water partition coefficient (Wildman–Crippen LogP) is 2.08. The highest BCUT2D eigenvalue weighted by atomic mass is 16.5. The van der Waals surface area contributed by atoms with Crippen molar-refractivity contribution in [2.24, 2.45) is 11.3 Å². The highest BCUT2D eigenvalue weighted by molar-refractivity contribution is 5.15. The highest BCUT2D eigenvalue weighted by Crippen LogP contribution is 2.25. The number of hydrogen-bond donors (Lipinski definition) is 2. The van der Waals surface area contributed by atoms with E-state index >= 15 is 0 Å². The van der Waals surface area contributed by atoms with Crippen LogP contribution in [0.3, 0.4) is 0 Å². The topological polar surface area (TPSA) is 60.2 Å². The van der Waals surface area contributed by atoms with E-state index in [1.165, 1.54) is 5.56 Å². The molecule has 4 heteroatoms. The van der Waals surface area contributed by atoms with Crippen LogP contribution in [0, 0.1) is 5.41 Å². The van der Waals surface area contributed by atoms with E-state index in [0.29, 0.717) is 0 Å². The Morgan fingerprint density at radius 3 is 2.42 bits per heavy atom. The third kappa shape index (κ3) is 4.56. The van der Waals surface area contributed by atoms with Gasteiger partial charge in [-0.15, -0.1) is 0 Å². The van der Waals surface area contributed by atoms with Crippen molar-refractivity contribution in [3.05, 3.63) is 29.6 Å². The number of aryl methyl sites for hydroxylation is 1. The maximum atomic E-state index is 5.69. The molecule has 0 aromatic carbocycles. The SMILES string of the molecule is CCc1ccc(CC(NN)C(OC)C(C)(C)C)nc1. The van der Waals surface area contributed by atoms with Gasteiger partial charge in [0.1, 0.15) is 0 Å². The molecule has 19 heavy (non-hydrogen) atoms. The lowest BCUT2D eigenvalue weighted by Gasteiger charge is -2.35.